The maximum absolute atomic E-state index is 2.48. The molecule has 1 unspecified atom stereocenters. The Kier molecular flexibility index (Phi) is 7.68. The molecule has 238 valence electrons. The van der Waals surface area contributed by atoms with E-state index in [0.717, 1.165) is 6.42 Å². The molecule has 8 aromatic rings. The van der Waals surface area contributed by atoms with E-state index in [1.807, 2.05) is 0 Å². The average Bonchev–Trinajstić information content (AvgIpc) is 3.53. The third kappa shape index (κ3) is 5.51. The first-order valence-corrected chi connectivity index (χ1v) is 17.4. The Morgan fingerprint density at radius 1 is 0.440 bits per heavy atom. The van der Waals surface area contributed by atoms with Gasteiger partial charge in [0.1, 0.15) is 0 Å². The van der Waals surface area contributed by atoms with Gasteiger partial charge < -0.3 is 9.47 Å². The highest BCUT2D eigenvalue weighted by Gasteiger charge is 2.21. The van der Waals surface area contributed by atoms with Gasteiger partial charge in [-0.1, -0.05) is 146 Å². The Morgan fingerprint density at radius 2 is 0.960 bits per heavy atom. The standard InChI is InChI=1S/C48H36N2/c1-4-12-35(13-5-1)37-20-27-42(28-21-37)49(43-29-22-38(23-30-43)36-14-6-2-7-15-36)44-31-24-39(25-32-44)40-26-33-48-46(34-40)45-18-10-11-19-47(45)50(48)41-16-8-3-9-17-41/h1-29,31-34,43H,30H2. The van der Waals surface area contributed by atoms with Crippen molar-refractivity contribution in [3.05, 3.63) is 206 Å². The largest absolute Gasteiger partial charge is 0.334 e. The molecule has 7 aromatic carbocycles. The Bertz CT molecular complexity index is 2470. The molecule has 0 fully saturated rings. The summed E-state index contributed by atoms with van der Waals surface area (Å²) in [7, 11) is 0. The van der Waals surface area contributed by atoms with Crippen molar-refractivity contribution < 1.29 is 0 Å². The minimum Gasteiger partial charge on any atom is -0.334 e. The van der Waals surface area contributed by atoms with Gasteiger partial charge in [-0.05, 0) is 94.4 Å². The van der Waals surface area contributed by atoms with Crippen LogP contribution in [0.2, 0.25) is 0 Å². The number of benzene rings is 7. The zero-order valence-corrected chi connectivity index (χ0v) is 27.7. The van der Waals surface area contributed by atoms with Gasteiger partial charge >= 0.3 is 0 Å². The van der Waals surface area contributed by atoms with Gasteiger partial charge in [-0.15, -0.1) is 0 Å². The maximum Gasteiger partial charge on any atom is 0.0560 e. The molecule has 1 aliphatic carbocycles. The van der Waals surface area contributed by atoms with Crippen LogP contribution in [0.25, 0.3) is 55.3 Å². The quantitative estimate of drug-likeness (QED) is 0.168. The lowest BCUT2D eigenvalue weighted by Gasteiger charge is -2.33. The molecule has 0 radical (unpaired) electrons. The molecule has 1 aromatic heterocycles. The first kappa shape index (κ1) is 29.7. The maximum atomic E-state index is 2.48. The summed E-state index contributed by atoms with van der Waals surface area (Å²) >= 11 is 0. The number of nitrogens with zero attached hydrogens (tertiary/aromatic N) is 2. The molecule has 0 saturated carbocycles. The molecule has 0 amide bonds. The van der Waals surface area contributed by atoms with Gasteiger partial charge in [-0.25, -0.2) is 0 Å². The van der Waals surface area contributed by atoms with Crippen LogP contribution < -0.4 is 4.90 Å². The van der Waals surface area contributed by atoms with E-state index in [1.54, 1.807) is 0 Å². The smallest absolute Gasteiger partial charge is 0.0560 e. The summed E-state index contributed by atoms with van der Waals surface area (Å²) in [5.74, 6) is 0. The predicted octanol–water partition coefficient (Wildman–Crippen LogP) is 12.7. The number of hydrogen-bond donors (Lipinski definition) is 0. The van der Waals surface area contributed by atoms with E-state index in [1.165, 1.54) is 72.3 Å². The second kappa shape index (κ2) is 12.9. The van der Waals surface area contributed by atoms with Crippen molar-refractivity contribution >= 4 is 38.8 Å². The third-order valence-electron chi connectivity index (χ3n) is 9.93. The monoisotopic (exact) mass is 640 g/mol. The van der Waals surface area contributed by atoms with Crippen molar-refractivity contribution in [3.8, 4) is 27.9 Å². The summed E-state index contributed by atoms with van der Waals surface area (Å²) in [5.41, 5.74) is 13.4. The lowest BCUT2D eigenvalue weighted by atomic mass is 9.95. The molecule has 0 bridgehead atoms. The minimum absolute atomic E-state index is 0.191. The van der Waals surface area contributed by atoms with Crippen LogP contribution in [0.5, 0.6) is 0 Å². The lowest BCUT2D eigenvalue weighted by molar-refractivity contribution is 0.787. The van der Waals surface area contributed by atoms with E-state index in [9.17, 15) is 0 Å². The Morgan fingerprint density at radius 3 is 1.60 bits per heavy atom. The summed E-state index contributed by atoms with van der Waals surface area (Å²) in [6.07, 6.45) is 7.94. The van der Waals surface area contributed by atoms with Crippen LogP contribution in [-0.4, -0.2) is 10.6 Å². The number of fused-ring (bicyclic) bond motifs is 3. The normalized spacial score (nSPS) is 14.2. The molecule has 0 spiro atoms. The molecule has 1 atom stereocenters. The Balaban J connectivity index is 1.07. The molecule has 0 saturated heterocycles. The summed E-state index contributed by atoms with van der Waals surface area (Å²) in [4.78, 5) is 2.48. The fraction of sp³-hybridized carbons (Fsp3) is 0.0417. The summed E-state index contributed by atoms with van der Waals surface area (Å²) in [6.45, 7) is 0. The van der Waals surface area contributed by atoms with Gasteiger partial charge in [0.2, 0.25) is 0 Å². The molecular formula is C48H36N2. The molecule has 50 heavy (non-hydrogen) atoms. The topological polar surface area (TPSA) is 8.17 Å². The number of allylic oxidation sites excluding steroid dienone is 2. The van der Waals surface area contributed by atoms with Crippen LogP contribution in [0.1, 0.15) is 12.0 Å². The van der Waals surface area contributed by atoms with Gasteiger partial charge in [0.15, 0.2) is 0 Å². The zero-order valence-electron chi connectivity index (χ0n) is 27.7. The van der Waals surface area contributed by atoms with Crippen molar-refractivity contribution in [2.75, 3.05) is 4.90 Å². The van der Waals surface area contributed by atoms with Crippen LogP contribution in [0.15, 0.2) is 200 Å². The van der Waals surface area contributed by atoms with Crippen molar-refractivity contribution in [1.29, 1.82) is 0 Å². The Hall–Kier alpha value is -6.38. The van der Waals surface area contributed by atoms with E-state index >= 15 is 0 Å². The average molecular weight is 641 g/mol. The van der Waals surface area contributed by atoms with Crippen LogP contribution >= 0.6 is 0 Å². The van der Waals surface area contributed by atoms with Gasteiger partial charge in [-0.2, -0.15) is 0 Å². The molecule has 9 rings (SSSR count). The molecule has 2 nitrogen and oxygen atoms in total. The van der Waals surface area contributed by atoms with E-state index in [-0.39, 0.29) is 6.04 Å². The highest BCUT2D eigenvalue weighted by atomic mass is 15.2. The molecule has 0 aliphatic heterocycles. The SMILES string of the molecule is C1=CC(N(c2ccc(-c3ccccc3)cc2)c2ccc(-c3ccc4c(c3)c3ccccc3n4-c3ccccc3)cc2)CC=C1c1ccccc1. The van der Waals surface area contributed by atoms with Crippen LogP contribution in [0, 0.1) is 0 Å². The van der Waals surface area contributed by atoms with E-state index in [0.29, 0.717) is 0 Å². The van der Waals surface area contributed by atoms with E-state index < -0.39 is 0 Å². The van der Waals surface area contributed by atoms with Crippen molar-refractivity contribution in [2.45, 2.75) is 12.5 Å². The minimum atomic E-state index is 0.191. The molecular weight excluding hydrogens is 605 g/mol. The highest BCUT2D eigenvalue weighted by Crippen LogP contribution is 2.38. The first-order chi connectivity index (χ1) is 24.8. The highest BCUT2D eigenvalue weighted by molar-refractivity contribution is 6.10. The number of para-hydroxylation sites is 2. The second-order valence-corrected chi connectivity index (χ2v) is 12.9. The third-order valence-corrected chi connectivity index (χ3v) is 9.93. The number of hydrogen-bond acceptors (Lipinski definition) is 1. The Labute approximate surface area is 293 Å². The van der Waals surface area contributed by atoms with Crippen molar-refractivity contribution in [3.63, 3.8) is 0 Å². The van der Waals surface area contributed by atoms with Crippen LogP contribution in [0.4, 0.5) is 11.4 Å². The molecule has 0 N–H and O–H groups in total. The van der Waals surface area contributed by atoms with Gasteiger partial charge in [0.25, 0.3) is 0 Å². The van der Waals surface area contributed by atoms with E-state index in [2.05, 4.69) is 210 Å². The van der Waals surface area contributed by atoms with Crippen LogP contribution in [-0.2, 0) is 0 Å². The van der Waals surface area contributed by atoms with Gasteiger partial charge in [0.05, 0.1) is 17.1 Å². The fourth-order valence-electron chi connectivity index (χ4n) is 7.44. The molecule has 1 aliphatic rings. The fourth-order valence-corrected chi connectivity index (χ4v) is 7.44. The van der Waals surface area contributed by atoms with Crippen molar-refractivity contribution in [1.82, 2.24) is 4.57 Å². The van der Waals surface area contributed by atoms with Crippen LogP contribution in [0.3, 0.4) is 0 Å². The number of anilines is 2. The van der Waals surface area contributed by atoms with Gasteiger partial charge in [0, 0.05) is 27.8 Å². The van der Waals surface area contributed by atoms with Gasteiger partial charge in [-0.3, -0.25) is 0 Å². The second-order valence-electron chi connectivity index (χ2n) is 12.9. The van der Waals surface area contributed by atoms with Crippen molar-refractivity contribution in [2.24, 2.45) is 0 Å². The summed E-state index contributed by atoms with van der Waals surface area (Å²) in [5, 5.41) is 2.53. The first-order valence-electron chi connectivity index (χ1n) is 17.4. The summed E-state index contributed by atoms with van der Waals surface area (Å²) in [6, 6.07) is 65.8. The number of rotatable bonds is 7. The predicted molar refractivity (Wildman–Crippen MR) is 212 cm³/mol. The molecule has 2 heteroatoms. The molecule has 1 heterocycles. The lowest BCUT2D eigenvalue weighted by Crippen LogP contribution is -2.30. The summed E-state index contributed by atoms with van der Waals surface area (Å²) < 4.78 is 2.37. The number of aromatic nitrogens is 1. The van der Waals surface area contributed by atoms with E-state index in [4.69, 9.17) is 0 Å². The zero-order chi connectivity index (χ0) is 33.3.